The van der Waals surface area contributed by atoms with Crippen LogP contribution in [0.1, 0.15) is 6.92 Å². The maximum atomic E-state index is 11.9. The van der Waals surface area contributed by atoms with Crippen molar-refractivity contribution in [1.29, 1.82) is 0 Å². The van der Waals surface area contributed by atoms with Gasteiger partial charge in [0.25, 0.3) is 5.91 Å². The van der Waals surface area contributed by atoms with Crippen molar-refractivity contribution in [3.63, 3.8) is 0 Å². The van der Waals surface area contributed by atoms with E-state index < -0.39 is 12.0 Å². The lowest BCUT2D eigenvalue weighted by Crippen LogP contribution is -2.48. The van der Waals surface area contributed by atoms with E-state index in [4.69, 9.17) is 16.2 Å². The number of carbonyl (C=O) groups excluding carboxylic acids is 2. The smallest absolute Gasteiger partial charge is 0.268 e. The highest BCUT2D eigenvalue weighted by molar-refractivity contribution is 6.05. The van der Waals surface area contributed by atoms with Gasteiger partial charge in [-0.25, -0.2) is 0 Å². The molecule has 1 unspecified atom stereocenters. The molecular weight excluding hydrogens is 222 g/mol. The van der Waals surface area contributed by atoms with Gasteiger partial charge in [0.2, 0.25) is 5.91 Å². The first-order valence-electron chi connectivity index (χ1n) is 5.15. The maximum absolute atomic E-state index is 11.9. The molecule has 1 atom stereocenters. The van der Waals surface area contributed by atoms with Gasteiger partial charge in [0, 0.05) is 0 Å². The SMILES string of the molecule is CC1Oc2cccc(N)c2N(CC(N)=O)C1=O. The molecule has 0 fully saturated rings. The minimum atomic E-state index is -0.649. The number of benzene rings is 1. The fourth-order valence-corrected chi connectivity index (χ4v) is 1.81. The average molecular weight is 235 g/mol. The van der Waals surface area contributed by atoms with E-state index in [0.29, 0.717) is 17.1 Å². The summed E-state index contributed by atoms with van der Waals surface area (Å²) in [5, 5.41) is 0. The van der Waals surface area contributed by atoms with Crippen LogP contribution >= 0.6 is 0 Å². The lowest BCUT2D eigenvalue weighted by atomic mass is 10.1. The molecule has 1 aromatic rings. The molecule has 0 bridgehead atoms. The van der Waals surface area contributed by atoms with E-state index in [2.05, 4.69) is 0 Å². The Morgan fingerprint density at radius 1 is 1.53 bits per heavy atom. The summed E-state index contributed by atoms with van der Waals surface area (Å²) >= 11 is 0. The summed E-state index contributed by atoms with van der Waals surface area (Å²) in [6, 6.07) is 5.06. The van der Waals surface area contributed by atoms with E-state index in [1.165, 1.54) is 4.90 Å². The van der Waals surface area contributed by atoms with Gasteiger partial charge >= 0.3 is 0 Å². The topological polar surface area (TPSA) is 98.7 Å². The minimum Gasteiger partial charge on any atom is -0.479 e. The zero-order valence-electron chi connectivity index (χ0n) is 9.34. The van der Waals surface area contributed by atoms with Crippen molar-refractivity contribution < 1.29 is 14.3 Å². The van der Waals surface area contributed by atoms with Gasteiger partial charge in [-0.15, -0.1) is 0 Å². The summed E-state index contributed by atoms with van der Waals surface area (Å²) in [6.45, 7) is 1.41. The van der Waals surface area contributed by atoms with Crippen molar-refractivity contribution >= 4 is 23.2 Å². The monoisotopic (exact) mass is 235 g/mol. The molecule has 1 aromatic carbocycles. The van der Waals surface area contributed by atoms with Gasteiger partial charge in [0.05, 0.1) is 5.69 Å². The first-order chi connectivity index (χ1) is 8.00. The predicted molar refractivity (Wildman–Crippen MR) is 62.5 cm³/mol. The van der Waals surface area contributed by atoms with Gasteiger partial charge in [-0.05, 0) is 19.1 Å². The number of nitrogens with zero attached hydrogens (tertiary/aromatic N) is 1. The Balaban J connectivity index is 2.50. The molecule has 0 saturated heterocycles. The molecule has 0 aromatic heterocycles. The standard InChI is InChI=1S/C11H13N3O3/c1-6-11(16)14(5-9(13)15)10-7(12)3-2-4-8(10)17-6/h2-4,6H,5,12H2,1H3,(H2,13,15). The third-order valence-corrected chi connectivity index (χ3v) is 2.53. The zero-order valence-corrected chi connectivity index (χ0v) is 9.34. The van der Waals surface area contributed by atoms with Crippen LogP contribution in [0.25, 0.3) is 0 Å². The van der Waals surface area contributed by atoms with Gasteiger partial charge in [-0.3, -0.25) is 14.5 Å². The predicted octanol–water partition coefficient (Wildman–Crippen LogP) is -0.132. The Kier molecular flexibility index (Phi) is 2.63. The molecule has 90 valence electrons. The van der Waals surface area contributed by atoms with Crippen molar-refractivity contribution in [3.8, 4) is 5.75 Å². The summed E-state index contributed by atoms with van der Waals surface area (Å²) in [7, 11) is 0. The third-order valence-electron chi connectivity index (χ3n) is 2.53. The molecule has 6 nitrogen and oxygen atoms in total. The zero-order chi connectivity index (χ0) is 12.6. The van der Waals surface area contributed by atoms with Crippen molar-refractivity contribution in [3.05, 3.63) is 18.2 Å². The fourth-order valence-electron chi connectivity index (χ4n) is 1.81. The molecule has 0 radical (unpaired) electrons. The van der Waals surface area contributed by atoms with Crippen molar-refractivity contribution in [2.75, 3.05) is 17.2 Å². The second-order valence-corrected chi connectivity index (χ2v) is 3.84. The van der Waals surface area contributed by atoms with Crippen LogP contribution in [0.5, 0.6) is 5.75 Å². The largest absolute Gasteiger partial charge is 0.479 e. The number of fused-ring (bicyclic) bond motifs is 1. The van der Waals surface area contributed by atoms with E-state index >= 15 is 0 Å². The van der Waals surface area contributed by atoms with Crippen LogP contribution in [0.4, 0.5) is 11.4 Å². The summed E-state index contributed by atoms with van der Waals surface area (Å²) in [6.07, 6.45) is -0.649. The van der Waals surface area contributed by atoms with E-state index in [-0.39, 0.29) is 12.5 Å². The number of hydrogen-bond donors (Lipinski definition) is 2. The van der Waals surface area contributed by atoms with Crippen LogP contribution in [0.3, 0.4) is 0 Å². The molecule has 0 saturated carbocycles. The van der Waals surface area contributed by atoms with E-state index in [1.807, 2.05) is 0 Å². The molecule has 17 heavy (non-hydrogen) atoms. The molecule has 4 N–H and O–H groups in total. The Hall–Kier alpha value is -2.24. The van der Waals surface area contributed by atoms with E-state index in [9.17, 15) is 9.59 Å². The molecule has 0 spiro atoms. The lowest BCUT2D eigenvalue weighted by Gasteiger charge is -2.33. The second-order valence-electron chi connectivity index (χ2n) is 3.84. The Morgan fingerprint density at radius 3 is 2.88 bits per heavy atom. The Labute approximate surface area is 98.1 Å². The third kappa shape index (κ3) is 1.89. The number of primary amides is 1. The number of nitrogen functional groups attached to an aromatic ring is 1. The highest BCUT2D eigenvalue weighted by Gasteiger charge is 2.33. The first kappa shape index (κ1) is 11.3. The summed E-state index contributed by atoms with van der Waals surface area (Å²) in [4.78, 5) is 24.2. The highest BCUT2D eigenvalue weighted by Crippen LogP contribution is 2.38. The number of hydrogen-bond acceptors (Lipinski definition) is 4. The molecular formula is C11H13N3O3. The maximum Gasteiger partial charge on any atom is 0.268 e. The number of rotatable bonds is 2. The number of ether oxygens (including phenoxy) is 1. The van der Waals surface area contributed by atoms with Gasteiger partial charge in [-0.2, -0.15) is 0 Å². The average Bonchev–Trinajstić information content (AvgIpc) is 2.24. The number of para-hydroxylation sites is 1. The first-order valence-corrected chi connectivity index (χ1v) is 5.15. The Bertz CT molecular complexity index is 487. The quantitative estimate of drug-likeness (QED) is 0.697. The molecule has 0 aliphatic carbocycles. The molecule has 1 heterocycles. The molecule has 6 heteroatoms. The minimum absolute atomic E-state index is 0.201. The molecule has 2 rings (SSSR count). The van der Waals surface area contributed by atoms with Gasteiger partial charge in [0.1, 0.15) is 18.0 Å². The summed E-state index contributed by atoms with van der Waals surface area (Å²) in [5.74, 6) is -0.436. The van der Waals surface area contributed by atoms with Crippen LogP contribution in [-0.4, -0.2) is 24.5 Å². The molecule has 1 aliphatic heterocycles. The van der Waals surface area contributed by atoms with Gasteiger partial charge < -0.3 is 16.2 Å². The highest BCUT2D eigenvalue weighted by atomic mass is 16.5. The number of anilines is 2. The summed E-state index contributed by atoms with van der Waals surface area (Å²) < 4.78 is 5.41. The van der Waals surface area contributed by atoms with E-state index in [0.717, 1.165) is 0 Å². The number of carbonyl (C=O) groups is 2. The number of amides is 2. The number of nitrogens with two attached hydrogens (primary N) is 2. The van der Waals surface area contributed by atoms with Crippen LogP contribution in [-0.2, 0) is 9.59 Å². The Morgan fingerprint density at radius 2 is 2.24 bits per heavy atom. The molecule has 1 aliphatic rings. The lowest BCUT2D eigenvalue weighted by molar-refractivity contribution is -0.127. The van der Waals surface area contributed by atoms with Crippen LogP contribution in [0, 0.1) is 0 Å². The van der Waals surface area contributed by atoms with Crippen LogP contribution < -0.4 is 21.1 Å². The van der Waals surface area contributed by atoms with Gasteiger partial charge in [0.15, 0.2) is 6.10 Å². The van der Waals surface area contributed by atoms with Gasteiger partial charge in [-0.1, -0.05) is 6.07 Å². The summed E-state index contributed by atoms with van der Waals surface area (Å²) in [5.41, 5.74) is 11.7. The van der Waals surface area contributed by atoms with Crippen LogP contribution in [0.15, 0.2) is 18.2 Å². The van der Waals surface area contributed by atoms with Crippen molar-refractivity contribution in [2.45, 2.75) is 13.0 Å². The second kappa shape index (κ2) is 3.97. The fraction of sp³-hybridized carbons (Fsp3) is 0.273. The van der Waals surface area contributed by atoms with Crippen molar-refractivity contribution in [1.82, 2.24) is 0 Å². The van der Waals surface area contributed by atoms with E-state index in [1.54, 1.807) is 25.1 Å². The van der Waals surface area contributed by atoms with Crippen molar-refractivity contribution in [2.24, 2.45) is 5.73 Å². The van der Waals surface area contributed by atoms with Crippen LogP contribution in [0.2, 0.25) is 0 Å². The molecule has 2 amide bonds. The normalized spacial score (nSPS) is 18.5.